The van der Waals surface area contributed by atoms with Crippen LogP contribution in [0.5, 0.6) is 0 Å². The third kappa shape index (κ3) is 3.98. The smallest absolute Gasteiger partial charge is 0.270 e. The molecule has 30 heavy (non-hydrogen) atoms. The summed E-state index contributed by atoms with van der Waals surface area (Å²) in [7, 11) is -4.03. The maximum absolute atomic E-state index is 13.4. The number of amides is 1. The van der Waals surface area contributed by atoms with E-state index in [9.17, 15) is 13.2 Å². The van der Waals surface area contributed by atoms with Crippen molar-refractivity contribution < 1.29 is 13.2 Å². The first kappa shape index (κ1) is 20.6. The summed E-state index contributed by atoms with van der Waals surface area (Å²) in [6.07, 6.45) is 1.97. The Hall–Kier alpha value is -2.70. The van der Waals surface area contributed by atoms with Gasteiger partial charge in [0, 0.05) is 16.8 Å². The molecule has 1 aliphatic rings. The highest BCUT2D eigenvalue weighted by Gasteiger charge is 2.37. The molecule has 0 bridgehead atoms. The van der Waals surface area contributed by atoms with E-state index >= 15 is 0 Å². The molecular weight excluding hydrogens is 462 g/mol. The van der Waals surface area contributed by atoms with Gasteiger partial charge < -0.3 is 0 Å². The van der Waals surface area contributed by atoms with E-state index in [-0.39, 0.29) is 17.2 Å². The van der Waals surface area contributed by atoms with E-state index in [1.54, 1.807) is 24.3 Å². The molecule has 1 aliphatic heterocycles. The predicted molar refractivity (Wildman–Crippen MR) is 121 cm³/mol. The fourth-order valence-electron chi connectivity index (χ4n) is 3.55. The quantitative estimate of drug-likeness (QED) is 0.493. The summed E-state index contributed by atoms with van der Waals surface area (Å²) in [5.74, 6) is -0.643. The largest absolute Gasteiger partial charge is 0.273 e. The summed E-state index contributed by atoms with van der Waals surface area (Å²) >= 11 is 3.43. The lowest BCUT2D eigenvalue weighted by Gasteiger charge is -2.32. The second-order valence-electron chi connectivity index (χ2n) is 7.26. The molecule has 0 unspecified atom stereocenters. The molecule has 1 amide bonds. The van der Waals surface area contributed by atoms with Crippen LogP contribution < -0.4 is 0 Å². The van der Waals surface area contributed by atoms with Gasteiger partial charge in [-0.25, -0.2) is 12.7 Å². The Labute approximate surface area is 185 Å². The van der Waals surface area contributed by atoms with Gasteiger partial charge in [-0.2, -0.15) is 0 Å². The van der Waals surface area contributed by atoms with E-state index in [0.717, 1.165) is 19.9 Å². The Bertz CT molecular complexity index is 1200. The molecule has 0 aliphatic carbocycles. The first-order chi connectivity index (χ1) is 14.4. The summed E-state index contributed by atoms with van der Waals surface area (Å²) in [4.78, 5) is 13.3. The normalized spacial score (nSPS) is 17.0. The minimum Gasteiger partial charge on any atom is -0.273 e. The summed E-state index contributed by atoms with van der Waals surface area (Å²) < 4.78 is 28.8. The number of nitrogens with zero attached hydrogens (tertiary/aromatic N) is 1. The van der Waals surface area contributed by atoms with Crippen LogP contribution in [0.2, 0.25) is 0 Å². The van der Waals surface area contributed by atoms with Crippen molar-refractivity contribution in [2.24, 2.45) is 0 Å². The Kier molecular flexibility index (Phi) is 5.62. The average molecular weight is 482 g/mol. The van der Waals surface area contributed by atoms with Gasteiger partial charge >= 0.3 is 0 Å². The van der Waals surface area contributed by atoms with Crippen molar-refractivity contribution >= 4 is 37.6 Å². The molecule has 0 N–H and O–H groups in total. The monoisotopic (exact) mass is 481 g/mol. The van der Waals surface area contributed by atoms with Crippen molar-refractivity contribution in [1.82, 2.24) is 4.31 Å². The van der Waals surface area contributed by atoms with Crippen molar-refractivity contribution in [2.45, 2.75) is 24.2 Å². The summed E-state index contributed by atoms with van der Waals surface area (Å²) in [5.41, 5.74) is 2.99. The molecule has 4 nitrogen and oxygen atoms in total. The predicted octanol–water partition coefficient (Wildman–Crippen LogP) is 5.50. The Morgan fingerprint density at radius 3 is 2.17 bits per heavy atom. The molecule has 0 fully saturated rings. The molecule has 0 spiro atoms. The van der Waals surface area contributed by atoms with Gasteiger partial charge in [0.2, 0.25) is 5.91 Å². The fraction of sp³-hybridized carbons (Fsp3) is 0.125. The van der Waals surface area contributed by atoms with Gasteiger partial charge in [0.05, 0.1) is 10.6 Å². The molecule has 6 heteroatoms. The maximum atomic E-state index is 13.4. The third-order valence-electron chi connectivity index (χ3n) is 5.13. The highest BCUT2D eigenvalue weighted by molar-refractivity contribution is 9.10. The van der Waals surface area contributed by atoms with Crippen LogP contribution in [0.1, 0.15) is 29.0 Å². The first-order valence-electron chi connectivity index (χ1n) is 9.54. The highest BCUT2D eigenvalue weighted by atomic mass is 79.9. The molecule has 1 heterocycles. The molecule has 3 aromatic rings. The molecule has 0 saturated heterocycles. The van der Waals surface area contributed by atoms with Crippen molar-refractivity contribution in [3.63, 3.8) is 0 Å². The zero-order valence-electron chi connectivity index (χ0n) is 16.3. The van der Waals surface area contributed by atoms with E-state index < -0.39 is 15.9 Å². The van der Waals surface area contributed by atoms with Crippen molar-refractivity contribution in [3.8, 4) is 0 Å². The minimum atomic E-state index is -4.03. The molecular formula is C24H20BrNO3S. The average Bonchev–Trinajstić information content (AvgIpc) is 2.74. The van der Waals surface area contributed by atoms with E-state index in [0.29, 0.717) is 11.3 Å². The van der Waals surface area contributed by atoms with Crippen LogP contribution in [0, 0.1) is 6.92 Å². The van der Waals surface area contributed by atoms with Crippen molar-refractivity contribution in [2.75, 3.05) is 0 Å². The summed E-state index contributed by atoms with van der Waals surface area (Å²) in [6, 6.07) is 23.5. The molecule has 4 rings (SSSR count). The number of hydrogen-bond acceptors (Lipinski definition) is 3. The summed E-state index contributed by atoms with van der Waals surface area (Å²) in [6.45, 7) is 1.89. The topological polar surface area (TPSA) is 54.5 Å². The molecule has 152 valence electrons. The number of hydrogen-bond donors (Lipinski definition) is 0. The second kappa shape index (κ2) is 8.20. The van der Waals surface area contributed by atoms with E-state index in [2.05, 4.69) is 15.9 Å². The lowest BCUT2D eigenvalue weighted by molar-refractivity contribution is -0.124. The Morgan fingerprint density at radius 2 is 1.53 bits per heavy atom. The highest BCUT2D eigenvalue weighted by Crippen LogP contribution is 2.38. The van der Waals surface area contributed by atoms with Gasteiger partial charge in [0.15, 0.2) is 0 Å². The lowest BCUT2D eigenvalue weighted by Crippen LogP contribution is -2.39. The molecule has 1 atom stereocenters. The number of sulfonamides is 1. The number of halogens is 1. The number of allylic oxidation sites excluding steroid dienone is 1. The number of aryl methyl sites for hydroxylation is 1. The lowest BCUT2D eigenvalue weighted by atomic mass is 9.90. The number of benzene rings is 3. The molecule has 3 aromatic carbocycles. The SMILES string of the molecule is Cc1ccc(S(=O)(=O)N2C(=O)C[C@H](c3ccc(Br)cc3)C=C2c2ccccc2)cc1. The van der Waals surface area contributed by atoms with Crippen LogP contribution in [0.15, 0.2) is 94.3 Å². The van der Waals surface area contributed by atoms with Crippen molar-refractivity contribution in [1.29, 1.82) is 0 Å². The fourth-order valence-corrected chi connectivity index (χ4v) is 5.27. The van der Waals surface area contributed by atoms with Gasteiger partial charge in [-0.05, 0) is 42.3 Å². The zero-order valence-corrected chi connectivity index (χ0v) is 18.7. The maximum Gasteiger partial charge on any atom is 0.270 e. The van der Waals surface area contributed by atoms with Gasteiger partial charge in [0.25, 0.3) is 10.0 Å². The van der Waals surface area contributed by atoms with Crippen molar-refractivity contribution in [3.05, 3.63) is 106 Å². The third-order valence-corrected chi connectivity index (χ3v) is 7.40. The van der Waals surface area contributed by atoms with Crippen LogP contribution in [0.3, 0.4) is 0 Å². The second-order valence-corrected chi connectivity index (χ2v) is 9.96. The standard InChI is InChI=1S/C24H20BrNO3S/c1-17-7-13-22(14-8-17)30(28,29)26-23(19-5-3-2-4-6-19)15-20(16-24(26)27)18-9-11-21(25)12-10-18/h2-15,20H,16H2,1H3/t20-/m1/s1. The van der Waals surface area contributed by atoms with Crippen LogP contribution >= 0.6 is 15.9 Å². The van der Waals surface area contributed by atoms with Gasteiger partial charge in [-0.1, -0.05) is 82.2 Å². The van der Waals surface area contributed by atoms with Gasteiger partial charge in [-0.15, -0.1) is 0 Å². The zero-order chi connectivity index (χ0) is 21.3. The molecule has 0 aromatic heterocycles. The van der Waals surface area contributed by atoms with E-state index in [1.807, 2.05) is 67.6 Å². The Balaban J connectivity index is 1.85. The number of carbonyl (C=O) groups is 1. The van der Waals surface area contributed by atoms with E-state index in [4.69, 9.17) is 0 Å². The Morgan fingerprint density at radius 1 is 0.900 bits per heavy atom. The van der Waals surface area contributed by atoms with Gasteiger partial charge in [-0.3, -0.25) is 4.79 Å². The van der Waals surface area contributed by atoms with Crippen LogP contribution in [-0.4, -0.2) is 18.6 Å². The molecule has 0 saturated carbocycles. The van der Waals surface area contributed by atoms with Crippen LogP contribution in [0.4, 0.5) is 0 Å². The van der Waals surface area contributed by atoms with E-state index in [1.165, 1.54) is 0 Å². The van der Waals surface area contributed by atoms with Crippen LogP contribution in [-0.2, 0) is 14.8 Å². The number of carbonyl (C=O) groups excluding carboxylic acids is 1. The first-order valence-corrected chi connectivity index (χ1v) is 11.8. The van der Waals surface area contributed by atoms with Crippen LogP contribution in [0.25, 0.3) is 5.70 Å². The van der Waals surface area contributed by atoms with Gasteiger partial charge in [0.1, 0.15) is 0 Å². The number of rotatable bonds is 4. The molecule has 0 radical (unpaired) electrons. The minimum absolute atomic E-state index is 0.0864. The summed E-state index contributed by atoms with van der Waals surface area (Å²) in [5, 5.41) is 0.